The summed E-state index contributed by atoms with van der Waals surface area (Å²) in [4.78, 5) is 12.1. The summed E-state index contributed by atoms with van der Waals surface area (Å²) < 4.78 is 21.7. The number of carboxylic acids is 1. The molecule has 0 aliphatic carbocycles. The van der Waals surface area contributed by atoms with E-state index in [0.717, 1.165) is 6.08 Å². The number of carbonyl (C=O) groups is 1. The average Bonchev–Trinajstić information content (AvgIpc) is 1.97. The standard InChI is InChI=1S/C9H17NO4S/c1-8(6-9(11)12)7-10(2)4-5-15(3,13)14/h6H,4-5,7H2,1-3H3,(H,11,12). The Kier molecular flexibility index (Phi) is 5.53. The van der Waals surface area contributed by atoms with E-state index in [4.69, 9.17) is 5.11 Å². The molecule has 0 aliphatic rings. The third-order valence-corrected chi connectivity index (χ3v) is 2.66. The molecule has 0 heterocycles. The molecule has 0 rings (SSSR count). The summed E-state index contributed by atoms with van der Waals surface area (Å²) in [7, 11) is -1.20. The molecule has 1 N–H and O–H groups in total. The number of likely N-dealkylation sites (N-methyl/N-ethyl adjacent to an activating group) is 1. The molecule has 15 heavy (non-hydrogen) atoms. The highest BCUT2D eigenvalue weighted by Crippen LogP contribution is 1.97. The maximum Gasteiger partial charge on any atom is 0.328 e. The summed E-state index contributed by atoms with van der Waals surface area (Å²) in [5, 5.41) is 8.47. The van der Waals surface area contributed by atoms with Crippen molar-refractivity contribution in [1.29, 1.82) is 0 Å². The van der Waals surface area contributed by atoms with Gasteiger partial charge < -0.3 is 10.0 Å². The summed E-state index contributed by atoms with van der Waals surface area (Å²) in [6.07, 6.45) is 2.30. The van der Waals surface area contributed by atoms with Crippen molar-refractivity contribution in [2.75, 3.05) is 32.1 Å². The lowest BCUT2D eigenvalue weighted by Crippen LogP contribution is -2.27. The van der Waals surface area contributed by atoms with Crippen molar-refractivity contribution in [3.63, 3.8) is 0 Å². The minimum atomic E-state index is -2.96. The lowest BCUT2D eigenvalue weighted by atomic mass is 10.2. The molecule has 0 amide bonds. The van der Waals surface area contributed by atoms with Gasteiger partial charge in [-0.05, 0) is 14.0 Å². The van der Waals surface area contributed by atoms with E-state index < -0.39 is 15.8 Å². The number of carboxylic acid groups (broad SMARTS) is 1. The van der Waals surface area contributed by atoms with Crippen molar-refractivity contribution in [2.45, 2.75) is 6.92 Å². The van der Waals surface area contributed by atoms with E-state index in [9.17, 15) is 13.2 Å². The van der Waals surface area contributed by atoms with Gasteiger partial charge in [-0.3, -0.25) is 0 Å². The predicted molar refractivity (Wildman–Crippen MR) is 58.6 cm³/mol. The van der Waals surface area contributed by atoms with Crippen LogP contribution in [0.3, 0.4) is 0 Å². The average molecular weight is 235 g/mol. The van der Waals surface area contributed by atoms with Gasteiger partial charge in [-0.2, -0.15) is 0 Å². The van der Waals surface area contributed by atoms with Crippen molar-refractivity contribution in [3.8, 4) is 0 Å². The Hall–Kier alpha value is -0.880. The molecule has 0 bridgehead atoms. The number of sulfone groups is 1. The van der Waals surface area contributed by atoms with Gasteiger partial charge in [0, 0.05) is 25.4 Å². The molecule has 88 valence electrons. The molecule has 0 fully saturated rings. The fourth-order valence-electron chi connectivity index (χ4n) is 1.08. The van der Waals surface area contributed by atoms with Crippen molar-refractivity contribution < 1.29 is 18.3 Å². The number of rotatable bonds is 6. The van der Waals surface area contributed by atoms with Crippen LogP contribution in [0.2, 0.25) is 0 Å². The van der Waals surface area contributed by atoms with Crippen LogP contribution in [0, 0.1) is 0 Å². The summed E-state index contributed by atoms with van der Waals surface area (Å²) in [6, 6.07) is 0. The third kappa shape index (κ3) is 9.42. The van der Waals surface area contributed by atoms with Crippen LogP contribution in [0.25, 0.3) is 0 Å². The molecular formula is C9H17NO4S. The van der Waals surface area contributed by atoms with E-state index >= 15 is 0 Å². The quantitative estimate of drug-likeness (QED) is 0.656. The minimum Gasteiger partial charge on any atom is -0.478 e. The molecule has 5 nitrogen and oxygen atoms in total. The summed E-state index contributed by atoms with van der Waals surface area (Å²) in [5.41, 5.74) is 0.693. The topological polar surface area (TPSA) is 74.7 Å². The number of hydrogen-bond acceptors (Lipinski definition) is 4. The summed E-state index contributed by atoms with van der Waals surface area (Å²) >= 11 is 0. The van der Waals surface area contributed by atoms with Crippen molar-refractivity contribution in [1.82, 2.24) is 4.90 Å². The highest BCUT2D eigenvalue weighted by molar-refractivity contribution is 7.90. The van der Waals surface area contributed by atoms with Crippen LogP contribution < -0.4 is 0 Å². The van der Waals surface area contributed by atoms with Crippen LogP contribution in [0.5, 0.6) is 0 Å². The molecule has 0 spiro atoms. The fraction of sp³-hybridized carbons (Fsp3) is 0.667. The predicted octanol–water partition coefficient (Wildman–Crippen LogP) is -0.00630. The van der Waals surface area contributed by atoms with Gasteiger partial charge >= 0.3 is 5.97 Å². The maximum atomic E-state index is 10.9. The summed E-state index contributed by atoms with van der Waals surface area (Å²) in [5.74, 6) is -0.895. The molecule has 0 saturated heterocycles. The van der Waals surface area contributed by atoms with Gasteiger partial charge in [0.15, 0.2) is 0 Å². The Morgan fingerprint density at radius 2 is 2.00 bits per heavy atom. The zero-order chi connectivity index (χ0) is 12.1. The van der Waals surface area contributed by atoms with Crippen LogP contribution in [-0.4, -0.2) is 56.5 Å². The maximum absolute atomic E-state index is 10.9. The zero-order valence-electron chi connectivity index (χ0n) is 9.23. The number of hydrogen-bond donors (Lipinski definition) is 1. The van der Waals surface area contributed by atoms with Gasteiger partial charge in [0.1, 0.15) is 9.84 Å². The highest BCUT2D eigenvalue weighted by atomic mass is 32.2. The Morgan fingerprint density at radius 1 is 1.47 bits per heavy atom. The third-order valence-electron chi connectivity index (χ3n) is 1.73. The molecule has 0 radical (unpaired) electrons. The number of nitrogens with zero attached hydrogens (tertiary/aromatic N) is 1. The van der Waals surface area contributed by atoms with Crippen LogP contribution >= 0.6 is 0 Å². The van der Waals surface area contributed by atoms with Crippen LogP contribution in [0.4, 0.5) is 0 Å². The van der Waals surface area contributed by atoms with E-state index in [0.29, 0.717) is 18.7 Å². The first-order chi connectivity index (χ1) is 6.70. The van der Waals surface area contributed by atoms with Gasteiger partial charge in [0.25, 0.3) is 0 Å². The Morgan fingerprint density at radius 3 is 2.40 bits per heavy atom. The molecule has 0 aromatic rings. The van der Waals surface area contributed by atoms with E-state index in [2.05, 4.69) is 0 Å². The molecular weight excluding hydrogens is 218 g/mol. The molecule has 0 atom stereocenters. The second-order valence-electron chi connectivity index (χ2n) is 3.70. The van der Waals surface area contributed by atoms with E-state index in [1.54, 1.807) is 18.9 Å². The number of aliphatic carboxylic acids is 1. The first-order valence-electron chi connectivity index (χ1n) is 4.47. The zero-order valence-corrected chi connectivity index (χ0v) is 10.0. The van der Waals surface area contributed by atoms with Crippen LogP contribution in [0.1, 0.15) is 6.92 Å². The van der Waals surface area contributed by atoms with Crippen LogP contribution in [-0.2, 0) is 14.6 Å². The van der Waals surface area contributed by atoms with Gasteiger partial charge in [-0.1, -0.05) is 5.57 Å². The van der Waals surface area contributed by atoms with Crippen molar-refractivity contribution in [3.05, 3.63) is 11.6 Å². The SMILES string of the molecule is CC(=CC(=O)O)CN(C)CCS(C)(=O)=O. The summed E-state index contributed by atoms with van der Waals surface area (Å²) in [6.45, 7) is 2.57. The Balaban J connectivity index is 4.05. The molecule has 0 saturated carbocycles. The van der Waals surface area contributed by atoms with E-state index in [-0.39, 0.29) is 5.75 Å². The Bertz CT molecular complexity index is 345. The van der Waals surface area contributed by atoms with E-state index in [1.165, 1.54) is 6.26 Å². The Labute approximate surface area is 90.3 Å². The largest absolute Gasteiger partial charge is 0.478 e. The van der Waals surface area contributed by atoms with Crippen molar-refractivity contribution >= 4 is 15.8 Å². The lowest BCUT2D eigenvalue weighted by molar-refractivity contribution is -0.131. The second-order valence-corrected chi connectivity index (χ2v) is 5.96. The van der Waals surface area contributed by atoms with E-state index in [1.807, 2.05) is 0 Å². The first-order valence-corrected chi connectivity index (χ1v) is 6.53. The highest BCUT2D eigenvalue weighted by Gasteiger charge is 2.06. The van der Waals surface area contributed by atoms with Crippen molar-refractivity contribution in [2.24, 2.45) is 0 Å². The molecule has 0 aliphatic heterocycles. The monoisotopic (exact) mass is 235 g/mol. The second kappa shape index (κ2) is 5.87. The molecule has 0 aromatic carbocycles. The van der Waals surface area contributed by atoms with Gasteiger partial charge in [0.05, 0.1) is 5.75 Å². The van der Waals surface area contributed by atoms with Gasteiger partial charge in [-0.25, -0.2) is 13.2 Å². The lowest BCUT2D eigenvalue weighted by Gasteiger charge is -2.15. The smallest absolute Gasteiger partial charge is 0.328 e. The minimum absolute atomic E-state index is 0.0872. The first kappa shape index (κ1) is 14.1. The van der Waals surface area contributed by atoms with Gasteiger partial charge in [-0.15, -0.1) is 0 Å². The molecule has 0 unspecified atom stereocenters. The fourth-order valence-corrected chi connectivity index (χ4v) is 1.73. The molecule has 0 aromatic heterocycles. The van der Waals surface area contributed by atoms with Crippen LogP contribution in [0.15, 0.2) is 11.6 Å². The normalized spacial score (nSPS) is 13.2. The van der Waals surface area contributed by atoms with Gasteiger partial charge in [0.2, 0.25) is 0 Å². The molecule has 6 heteroatoms.